The van der Waals surface area contributed by atoms with Gasteiger partial charge in [0.05, 0.1) is 33.4 Å². The summed E-state index contributed by atoms with van der Waals surface area (Å²) in [5.74, 6) is 2.25. The summed E-state index contributed by atoms with van der Waals surface area (Å²) in [7, 11) is 0.513. The van der Waals surface area contributed by atoms with Crippen molar-refractivity contribution in [3.05, 3.63) is 105 Å². The minimum atomic E-state index is -4.28. The minimum Gasteiger partial charge on any atom is -0.497 e. The molecule has 13 nitrogen and oxygen atoms in total. The second-order valence-corrected chi connectivity index (χ2v) is 18.6. The molecule has 1 aromatic heterocycles. The van der Waals surface area contributed by atoms with Crippen LogP contribution in [0, 0.1) is 3.57 Å². The van der Waals surface area contributed by atoms with E-state index in [1.54, 1.807) is 21.3 Å². The van der Waals surface area contributed by atoms with Crippen molar-refractivity contribution in [3.63, 3.8) is 0 Å². The smallest absolute Gasteiger partial charge is 0.407 e. The van der Waals surface area contributed by atoms with Crippen LogP contribution >= 0.6 is 34.4 Å². The van der Waals surface area contributed by atoms with Gasteiger partial charge in [-0.05, 0) is 127 Å². The predicted molar refractivity (Wildman–Crippen MR) is 223 cm³/mol. The van der Waals surface area contributed by atoms with E-state index in [9.17, 15) is 4.79 Å². The average molecular weight is 913 g/mol. The maximum atomic E-state index is 15.4. The Balaban J connectivity index is 1.39. The number of ether oxygens (including phenoxy) is 4. The van der Waals surface area contributed by atoms with E-state index in [0.717, 1.165) is 22.4 Å². The van der Waals surface area contributed by atoms with Gasteiger partial charge in [0.25, 0.3) is 0 Å². The molecule has 0 saturated heterocycles. The van der Waals surface area contributed by atoms with Gasteiger partial charge in [-0.1, -0.05) is 36.4 Å². The second kappa shape index (κ2) is 17.8. The molecule has 0 radical (unpaired) electrons. The van der Waals surface area contributed by atoms with Crippen molar-refractivity contribution in [2.45, 2.75) is 79.9 Å². The van der Waals surface area contributed by atoms with Gasteiger partial charge >= 0.3 is 6.09 Å². The zero-order valence-corrected chi connectivity index (χ0v) is 35.9. The molecule has 1 amide bonds. The molecule has 0 bridgehead atoms. The highest BCUT2D eigenvalue weighted by atomic mass is 127. The molecule has 56 heavy (non-hydrogen) atoms. The largest absolute Gasteiger partial charge is 0.497 e. The number of alkyl carbamates (subject to hydrolysis) is 1. The summed E-state index contributed by atoms with van der Waals surface area (Å²) in [6, 6.07) is 25.9. The van der Waals surface area contributed by atoms with Crippen LogP contribution in [0.4, 0.5) is 4.79 Å². The molecule has 0 atom stereocenters. The summed E-state index contributed by atoms with van der Waals surface area (Å²) >= 11 is 3.61. The van der Waals surface area contributed by atoms with E-state index in [2.05, 4.69) is 38.2 Å². The van der Waals surface area contributed by atoms with Crippen LogP contribution in [-0.4, -0.2) is 77.2 Å². The Bertz CT molecular complexity index is 2170. The standard InChI is InChI=1S/C40H45IN6O7S2/c1-40(2,3)54-39(48)42-29-21-33(22-29)55-35-20-19-34(41)36(38-43-45-47(44-38)25-28-11-17-32(53-6)18-12-28)37(35)56(49,50)46(23-26-7-13-30(51-4)14-8-26)24-27-9-15-31(52-5)16-10-27/h7-20,29,33H,21-25H2,1-6H3,(H,42,48). The van der Waals surface area contributed by atoms with Gasteiger partial charge in [0, 0.05) is 32.8 Å². The van der Waals surface area contributed by atoms with E-state index in [4.69, 9.17) is 24.0 Å². The lowest BCUT2D eigenvalue weighted by Gasteiger charge is -2.36. The van der Waals surface area contributed by atoms with Crippen molar-refractivity contribution in [1.82, 2.24) is 29.8 Å². The van der Waals surface area contributed by atoms with E-state index < -0.39 is 21.7 Å². The topological polar surface area (TPSA) is 147 Å². The number of nitrogens with zero attached hydrogens (tertiary/aromatic N) is 5. The summed E-state index contributed by atoms with van der Waals surface area (Å²) in [6.45, 7) is 5.94. The van der Waals surface area contributed by atoms with E-state index >= 15 is 8.42 Å². The fraction of sp³-hybridized carbons (Fsp3) is 0.350. The Labute approximate surface area is 345 Å². The number of hydrogen-bond donors (Lipinski definition) is 1. The minimum absolute atomic E-state index is 0.0344. The van der Waals surface area contributed by atoms with Crippen molar-refractivity contribution < 1.29 is 32.2 Å². The number of benzene rings is 4. The zero-order valence-electron chi connectivity index (χ0n) is 32.1. The van der Waals surface area contributed by atoms with Crippen molar-refractivity contribution in [2.75, 3.05) is 21.3 Å². The highest BCUT2D eigenvalue weighted by Gasteiger charge is 2.37. The van der Waals surface area contributed by atoms with Gasteiger partial charge in [-0.2, -0.15) is 9.10 Å². The van der Waals surface area contributed by atoms with Gasteiger partial charge in [0.15, 0.2) is 0 Å². The lowest BCUT2D eigenvalue weighted by atomic mass is 9.92. The second-order valence-electron chi connectivity index (χ2n) is 14.3. The number of amides is 1. The van der Waals surface area contributed by atoms with Gasteiger partial charge in [-0.3, -0.25) is 0 Å². The molecule has 1 fully saturated rings. The zero-order chi connectivity index (χ0) is 40.0. The molecule has 6 rings (SSSR count). The molecule has 0 aliphatic heterocycles. The van der Waals surface area contributed by atoms with Gasteiger partial charge in [0.1, 0.15) is 27.7 Å². The van der Waals surface area contributed by atoms with Crippen LogP contribution in [0.25, 0.3) is 11.4 Å². The molecule has 1 aliphatic rings. The fourth-order valence-corrected chi connectivity index (χ4v) is 10.4. The summed E-state index contributed by atoms with van der Waals surface area (Å²) in [5.41, 5.74) is 2.24. The van der Waals surface area contributed by atoms with Gasteiger partial charge < -0.3 is 24.3 Å². The molecule has 1 saturated carbocycles. The first-order chi connectivity index (χ1) is 26.7. The van der Waals surface area contributed by atoms with Crippen LogP contribution in [0.5, 0.6) is 17.2 Å². The van der Waals surface area contributed by atoms with E-state index in [1.165, 1.54) is 20.9 Å². The third-order valence-electron chi connectivity index (χ3n) is 8.97. The number of thioether (sulfide) groups is 1. The van der Waals surface area contributed by atoms with Crippen LogP contribution in [0.15, 0.2) is 94.7 Å². The first kappa shape index (κ1) is 41.2. The van der Waals surface area contributed by atoms with Gasteiger partial charge in [-0.15, -0.1) is 22.0 Å². The number of carbonyl (C=O) groups is 1. The lowest BCUT2D eigenvalue weighted by molar-refractivity contribution is 0.0482. The fourth-order valence-electron chi connectivity index (χ4n) is 6.06. The first-order valence-corrected chi connectivity index (χ1v) is 21.3. The number of tetrazole rings is 1. The number of carbonyl (C=O) groups excluding carboxylic acids is 1. The Morgan fingerprint density at radius 1 is 0.839 bits per heavy atom. The number of nitrogens with one attached hydrogen (secondary N) is 1. The molecule has 0 unspecified atom stereocenters. The molecular weight excluding hydrogens is 868 g/mol. The lowest BCUT2D eigenvalue weighted by Crippen LogP contribution is -2.47. The molecule has 0 spiro atoms. The molecule has 16 heteroatoms. The van der Waals surface area contributed by atoms with Crippen LogP contribution in [-0.2, 0) is 34.4 Å². The summed E-state index contributed by atoms with van der Waals surface area (Å²) in [5, 5.41) is 16.5. The normalized spacial score (nSPS) is 15.6. The third-order valence-corrected chi connectivity index (χ3v) is 13.2. The van der Waals surface area contributed by atoms with E-state index in [0.29, 0.717) is 44.9 Å². The van der Waals surface area contributed by atoms with E-state index in [1.807, 2.05) is 106 Å². The summed E-state index contributed by atoms with van der Waals surface area (Å²) in [6.07, 6.45) is 0.812. The Kier molecular flexibility index (Phi) is 13.1. The van der Waals surface area contributed by atoms with Gasteiger partial charge in [-0.25, -0.2) is 13.2 Å². The number of halogens is 1. The quantitative estimate of drug-likeness (QED) is 0.104. The van der Waals surface area contributed by atoms with Gasteiger partial charge in [0.2, 0.25) is 15.8 Å². The highest BCUT2D eigenvalue weighted by Crippen LogP contribution is 2.45. The average Bonchev–Trinajstić information content (AvgIpc) is 3.62. The first-order valence-electron chi connectivity index (χ1n) is 17.9. The van der Waals surface area contributed by atoms with Crippen molar-refractivity contribution >= 4 is 50.5 Å². The maximum absolute atomic E-state index is 15.4. The number of methoxy groups -OCH3 is 3. The van der Waals surface area contributed by atoms with E-state index in [-0.39, 0.29) is 35.1 Å². The van der Waals surface area contributed by atoms with Crippen molar-refractivity contribution in [2.24, 2.45) is 0 Å². The van der Waals surface area contributed by atoms with Crippen LogP contribution in [0.2, 0.25) is 0 Å². The highest BCUT2D eigenvalue weighted by molar-refractivity contribution is 14.1. The van der Waals surface area contributed by atoms with Crippen LogP contribution in [0.1, 0.15) is 50.3 Å². The third kappa shape index (κ3) is 10.3. The number of aromatic nitrogens is 4. The predicted octanol–water partition coefficient (Wildman–Crippen LogP) is 7.56. The summed E-state index contributed by atoms with van der Waals surface area (Å²) < 4.78 is 54.5. The Hall–Kier alpha value is -4.39. The molecule has 1 N–H and O–H groups in total. The molecule has 5 aromatic rings. The number of hydrogen-bond acceptors (Lipinski definition) is 11. The molecular formula is C40H45IN6O7S2. The van der Waals surface area contributed by atoms with Crippen LogP contribution < -0.4 is 19.5 Å². The summed E-state index contributed by atoms with van der Waals surface area (Å²) in [4.78, 5) is 14.6. The Morgan fingerprint density at radius 3 is 1.86 bits per heavy atom. The number of rotatable bonds is 15. The molecule has 1 heterocycles. The van der Waals surface area contributed by atoms with Crippen LogP contribution in [0.3, 0.4) is 0 Å². The van der Waals surface area contributed by atoms with Crippen molar-refractivity contribution in [3.8, 4) is 28.6 Å². The number of sulfonamides is 1. The monoisotopic (exact) mass is 912 g/mol. The Morgan fingerprint density at radius 2 is 1.36 bits per heavy atom. The molecule has 296 valence electrons. The van der Waals surface area contributed by atoms with Crippen molar-refractivity contribution in [1.29, 1.82) is 0 Å². The SMILES string of the molecule is COc1ccc(CN(Cc2ccc(OC)cc2)S(=O)(=O)c2c(SC3CC(NC(=O)OC(C)(C)C)C3)ccc(I)c2-c2nnn(Cc3ccc(OC)cc3)n2)cc1. The molecule has 4 aromatic carbocycles. The molecule has 1 aliphatic carbocycles. The maximum Gasteiger partial charge on any atom is 0.407 e.